The first-order valence-electron chi connectivity index (χ1n) is 7.48. The third kappa shape index (κ3) is 3.48. The van der Waals surface area contributed by atoms with Crippen LogP contribution in [0.1, 0.15) is 17.5 Å². The summed E-state index contributed by atoms with van der Waals surface area (Å²) in [6, 6.07) is 7.75. The molecule has 2 heterocycles. The van der Waals surface area contributed by atoms with Crippen LogP contribution in [-0.2, 0) is 27.8 Å². The maximum atomic E-state index is 12.6. The fourth-order valence-corrected chi connectivity index (χ4v) is 4.01. The van der Waals surface area contributed by atoms with E-state index >= 15 is 0 Å². The summed E-state index contributed by atoms with van der Waals surface area (Å²) in [5, 5.41) is 3.29. The van der Waals surface area contributed by atoms with E-state index in [0.717, 1.165) is 6.26 Å². The van der Waals surface area contributed by atoms with Crippen LogP contribution in [0.3, 0.4) is 0 Å². The van der Waals surface area contributed by atoms with Crippen molar-refractivity contribution in [3.05, 3.63) is 35.4 Å². The third-order valence-electron chi connectivity index (χ3n) is 4.26. The Labute approximate surface area is 130 Å². The van der Waals surface area contributed by atoms with Gasteiger partial charge in [0.2, 0.25) is 15.9 Å². The highest BCUT2D eigenvalue weighted by molar-refractivity contribution is 7.88. The molecule has 0 spiro atoms. The zero-order valence-electron chi connectivity index (χ0n) is 12.6. The Balaban J connectivity index is 1.62. The number of amides is 1. The molecule has 0 radical (unpaired) electrons. The highest BCUT2D eigenvalue weighted by Gasteiger charge is 2.33. The molecule has 1 aromatic rings. The molecule has 1 saturated heterocycles. The van der Waals surface area contributed by atoms with E-state index in [4.69, 9.17) is 0 Å². The Morgan fingerprint density at radius 3 is 2.77 bits per heavy atom. The number of rotatable bonds is 3. The Hall–Kier alpha value is -1.44. The van der Waals surface area contributed by atoms with Gasteiger partial charge in [0.25, 0.3) is 0 Å². The molecule has 0 saturated carbocycles. The van der Waals surface area contributed by atoms with Gasteiger partial charge in [-0.3, -0.25) is 4.79 Å². The number of hydrogen-bond acceptors (Lipinski definition) is 4. The second kappa shape index (κ2) is 5.98. The molecule has 120 valence electrons. The van der Waals surface area contributed by atoms with E-state index < -0.39 is 10.0 Å². The Kier molecular flexibility index (Phi) is 4.20. The lowest BCUT2D eigenvalue weighted by atomic mass is 9.95. The molecular weight excluding hydrogens is 302 g/mol. The van der Waals surface area contributed by atoms with Crippen molar-refractivity contribution in [3.63, 3.8) is 0 Å². The van der Waals surface area contributed by atoms with Gasteiger partial charge in [-0.05, 0) is 24.0 Å². The van der Waals surface area contributed by atoms with Gasteiger partial charge in [0.15, 0.2) is 0 Å². The van der Waals surface area contributed by atoms with Crippen molar-refractivity contribution in [2.24, 2.45) is 0 Å². The first kappa shape index (κ1) is 15.5. The fraction of sp³-hybridized carbons (Fsp3) is 0.533. The number of carbonyl (C=O) groups is 1. The molecule has 7 heteroatoms. The molecule has 6 nitrogen and oxygen atoms in total. The van der Waals surface area contributed by atoms with E-state index in [1.807, 2.05) is 12.1 Å². The average Bonchev–Trinajstić information content (AvgIpc) is 2.92. The first-order chi connectivity index (χ1) is 10.4. The first-order valence-corrected chi connectivity index (χ1v) is 9.38. The summed E-state index contributed by atoms with van der Waals surface area (Å²) in [7, 11) is -3.23. The summed E-state index contributed by atoms with van der Waals surface area (Å²) in [6.07, 6.45) is 2.51. The van der Waals surface area contributed by atoms with E-state index in [1.54, 1.807) is 4.90 Å². The maximum Gasteiger partial charge on any atom is 0.240 e. The van der Waals surface area contributed by atoms with Crippen molar-refractivity contribution in [1.29, 1.82) is 0 Å². The predicted octanol–water partition coefficient (Wildman–Crippen LogP) is -0.149. The maximum absolute atomic E-state index is 12.6. The molecule has 2 aliphatic heterocycles. The second-order valence-corrected chi connectivity index (χ2v) is 7.85. The molecule has 2 aliphatic rings. The lowest BCUT2D eigenvalue weighted by Crippen LogP contribution is -2.49. The molecule has 22 heavy (non-hydrogen) atoms. The quantitative estimate of drug-likeness (QED) is 0.811. The third-order valence-corrected chi connectivity index (χ3v) is 5.02. The molecule has 2 N–H and O–H groups in total. The van der Waals surface area contributed by atoms with Crippen LogP contribution < -0.4 is 10.0 Å². The lowest BCUT2D eigenvalue weighted by molar-refractivity contribution is -0.132. The van der Waals surface area contributed by atoms with Crippen LogP contribution in [0.5, 0.6) is 0 Å². The van der Waals surface area contributed by atoms with Gasteiger partial charge in [-0.1, -0.05) is 24.3 Å². The van der Waals surface area contributed by atoms with Gasteiger partial charge in [-0.25, -0.2) is 13.1 Å². The van der Waals surface area contributed by atoms with Crippen molar-refractivity contribution in [2.45, 2.75) is 31.5 Å². The van der Waals surface area contributed by atoms with Crippen LogP contribution in [0.4, 0.5) is 0 Å². The van der Waals surface area contributed by atoms with Crippen molar-refractivity contribution < 1.29 is 13.2 Å². The van der Waals surface area contributed by atoms with Crippen molar-refractivity contribution in [3.8, 4) is 0 Å². The van der Waals surface area contributed by atoms with E-state index in [9.17, 15) is 13.2 Å². The van der Waals surface area contributed by atoms with Gasteiger partial charge >= 0.3 is 0 Å². The van der Waals surface area contributed by atoms with Crippen LogP contribution >= 0.6 is 0 Å². The minimum Gasteiger partial charge on any atom is -0.340 e. The van der Waals surface area contributed by atoms with Gasteiger partial charge in [0.1, 0.15) is 0 Å². The molecule has 0 unspecified atom stereocenters. The van der Waals surface area contributed by atoms with Gasteiger partial charge in [-0.2, -0.15) is 0 Å². The van der Waals surface area contributed by atoms with Crippen molar-refractivity contribution >= 4 is 15.9 Å². The fourth-order valence-electron chi connectivity index (χ4n) is 3.21. The second-order valence-electron chi connectivity index (χ2n) is 6.07. The normalized spacial score (nSPS) is 25.0. The number of nitrogens with zero attached hydrogens (tertiary/aromatic N) is 1. The number of carbonyl (C=O) groups excluding carboxylic acids is 1. The number of sulfonamides is 1. The van der Waals surface area contributed by atoms with Crippen LogP contribution in [-0.4, -0.2) is 50.7 Å². The van der Waals surface area contributed by atoms with Crippen molar-refractivity contribution in [2.75, 3.05) is 19.3 Å². The van der Waals surface area contributed by atoms with Crippen molar-refractivity contribution in [1.82, 2.24) is 14.9 Å². The van der Waals surface area contributed by atoms with Crippen LogP contribution in [0.15, 0.2) is 24.3 Å². The molecule has 0 aliphatic carbocycles. The summed E-state index contributed by atoms with van der Waals surface area (Å²) < 4.78 is 25.1. The van der Waals surface area contributed by atoms with Crippen LogP contribution in [0, 0.1) is 0 Å². The van der Waals surface area contributed by atoms with E-state index in [0.29, 0.717) is 32.5 Å². The largest absolute Gasteiger partial charge is 0.340 e. The Morgan fingerprint density at radius 2 is 2.05 bits per heavy atom. The Morgan fingerprint density at radius 1 is 1.32 bits per heavy atom. The summed E-state index contributed by atoms with van der Waals surface area (Å²) in [5.41, 5.74) is 2.45. The monoisotopic (exact) mass is 323 g/mol. The number of fused-ring (bicyclic) bond motifs is 1. The van der Waals surface area contributed by atoms with Gasteiger partial charge < -0.3 is 10.2 Å². The summed E-state index contributed by atoms with van der Waals surface area (Å²) in [4.78, 5) is 14.4. The van der Waals surface area contributed by atoms with E-state index in [-0.39, 0.29) is 18.0 Å². The SMILES string of the molecule is CS(=O)(=O)N[C@@H]1CCN(C(=O)[C@H]2Cc3ccccc3CN2)C1. The van der Waals surface area contributed by atoms with Gasteiger partial charge in [-0.15, -0.1) is 0 Å². The molecule has 1 amide bonds. The summed E-state index contributed by atoms with van der Waals surface area (Å²) in [6.45, 7) is 1.75. The minimum absolute atomic E-state index is 0.0623. The van der Waals surface area contributed by atoms with Gasteiger partial charge in [0.05, 0.1) is 12.3 Å². The summed E-state index contributed by atoms with van der Waals surface area (Å²) in [5.74, 6) is 0.0623. The number of benzene rings is 1. The van der Waals surface area contributed by atoms with Crippen LogP contribution in [0.2, 0.25) is 0 Å². The number of likely N-dealkylation sites (tertiary alicyclic amines) is 1. The number of hydrogen-bond donors (Lipinski definition) is 2. The zero-order chi connectivity index (χ0) is 15.7. The highest BCUT2D eigenvalue weighted by atomic mass is 32.2. The average molecular weight is 323 g/mol. The molecule has 0 bridgehead atoms. The Bertz CT molecular complexity index is 674. The standard InChI is InChI=1S/C15H21N3O3S/c1-22(20,21)17-13-6-7-18(10-13)15(19)14-8-11-4-2-3-5-12(11)9-16-14/h2-5,13-14,16-17H,6-10H2,1H3/t13-,14-/m1/s1. The van der Waals surface area contributed by atoms with Crippen LogP contribution in [0.25, 0.3) is 0 Å². The highest BCUT2D eigenvalue weighted by Crippen LogP contribution is 2.19. The van der Waals surface area contributed by atoms with Gasteiger partial charge in [0, 0.05) is 25.7 Å². The topological polar surface area (TPSA) is 78.5 Å². The molecule has 1 aromatic carbocycles. The molecule has 0 aromatic heterocycles. The van der Waals surface area contributed by atoms with E-state index in [2.05, 4.69) is 22.2 Å². The smallest absolute Gasteiger partial charge is 0.240 e. The number of nitrogens with one attached hydrogen (secondary N) is 2. The molecule has 3 rings (SSSR count). The predicted molar refractivity (Wildman–Crippen MR) is 83.7 cm³/mol. The molecular formula is C15H21N3O3S. The lowest BCUT2D eigenvalue weighted by Gasteiger charge is -2.29. The zero-order valence-corrected chi connectivity index (χ0v) is 13.4. The summed E-state index contributed by atoms with van der Waals surface area (Å²) >= 11 is 0. The molecule has 2 atom stereocenters. The van der Waals surface area contributed by atoms with E-state index in [1.165, 1.54) is 11.1 Å². The minimum atomic E-state index is -3.23. The molecule has 1 fully saturated rings.